The maximum Gasteiger partial charge on any atom is 0.139 e. The SMILES string of the molecule is C#C/C=C\C1=C(C)CN(c2cccc(-n3c(C)c(/C=C\C)c4ccc(C)cc43)n2)c2ccccc21. The van der Waals surface area contributed by atoms with E-state index in [-0.39, 0.29) is 0 Å². The second kappa shape index (κ2) is 9.16. The van der Waals surface area contributed by atoms with Crippen LogP contribution < -0.4 is 4.90 Å². The standard InChI is InChI=1S/C32H29N3/c1-6-8-13-25-23(4)21-34(29-15-10-9-14-27(25)29)31-16-11-17-32(33-31)35-24(5)26(12-7-2)28-19-18-22(3)20-30(28)35/h1,7-20H,21H2,2-5H3/b12-7-,13-8-. The van der Waals surface area contributed by atoms with Gasteiger partial charge >= 0.3 is 0 Å². The van der Waals surface area contributed by atoms with E-state index in [2.05, 4.69) is 116 Å². The molecule has 1 aliphatic heterocycles. The molecular formula is C32H29N3. The molecule has 35 heavy (non-hydrogen) atoms. The smallest absolute Gasteiger partial charge is 0.139 e. The van der Waals surface area contributed by atoms with Crippen molar-refractivity contribution < 1.29 is 0 Å². The number of aryl methyl sites for hydroxylation is 1. The Hall–Kier alpha value is -4.29. The van der Waals surface area contributed by atoms with Crippen LogP contribution in [0, 0.1) is 26.2 Å². The molecule has 2 aromatic carbocycles. The zero-order valence-corrected chi connectivity index (χ0v) is 20.7. The lowest BCUT2D eigenvalue weighted by atomic mass is 9.93. The normalized spacial score (nSPS) is 13.7. The number of allylic oxidation sites excluding steroid dienone is 4. The Kier molecular flexibility index (Phi) is 5.89. The van der Waals surface area contributed by atoms with E-state index in [0.29, 0.717) is 0 Å². The number of benzene rings is 2. The molecule has 0 unspecified atom stereocenters. The molecule has 0 atom stereocenters. The second-order valence-electron chi connectivity index (χ2n) is 9.01. The van der Waals surface area contributed by atoms with Crippen LogP contribution in [0.1, 0.15) is 36.2 Å². The number of nitrogens with zero attached hydrogens (tertiary/aromatic N) is 3. The molecule has 5 rings (SSSR count). The zero-order chi connectivity index (χ0) is 24.5. The summed E-state index contributed by atoms with van der Waals surface area (Å²) in [5.41, 5.74) is 9.59. The van der Waals surface area contributed by atoms with Crippen LogP contribution in [-0.4, -0.2) is 16.1 Å². The van der Waals surface area contributed by atoms with Crippen LogP contribution in [0.3, 0.4) is 0 Å². The molecule has 0 saturated carbocycles. The minimum Gasteiger partial charge on any atom is -0.322 e. The number of aromatic nitrogens is 2. The first-order chi connectivity index (χ1) is 17.0. The van der Waals surface area contributed by atoms with Crippen LogP contribution in [0.2, 0.25) is 0 Å². The van der Waals surface area contributed by atoms with E-state index in [1.165, 1.54) is 44.4 Å². The fourth-order valence-corrected chi connectivity index (χ4v) is 5.05. The third-order valence-electron chi connectivity index (χ3n) is 6.65. The summed E-state index contributed by atoms with van der Waals surface area (Å²) in [5, 5.41) is 1.24. The molecule has 3 heterocycles. The number of para-hydroxylation sites is 1. The van der Waals surface area contributed by atoms with Gasteiger partial charge in [0.25, 0.3) is 0 Å². The minimum atomic E-state index is 0.756. The molecule has 4 aromatic rings. The fraction of sp³-hybridized carbons (Fsp3) is 0.156. The molecule has 1 aliphatic rings. The van der Waals surface area contributed by atoms with Crippen molar-refractivity contribution in [2.45, 2.75) is 27.7 Å². The Morgan fingerprint density at radius 3 is 2.54 bits per heavy atom. The zero-order valence-electron chi connectivity index (χ0n) is 20.7. The van der Waals surface area contributed by atoms with Gasteiger partial charge in [-0.1, -0.05) is 54.5 Å². The highest BCUT2D eigenvalue weighted by Gasteiger charge is 2.23. The summed E-state index contributed by atoms with van der Waals surface area (Å²) in [6, 6.07) is 21.4. The summed E-state index contributed by atoms with van der Waals surface area (Å²) in [6.45, 7) is 9.29. The molecule has 0 radical (unpaired) electrons. The third kappa shape index (κ3) is 3.88. The number of terminal acetylenes is 1. The molecule has 172 valence electrons. The van der Waals surface area contributed by atoms with Crippen molar-refractivity contribution in [1.82, 2.24) is 9.55 Å². The van der Waals surface area contributed by atoms with Crippen molar-refractivity contribution in [2.24, 2.45) is 0 Å². The summed E-state index contributed by atoms with van der Waals surface area (Å²) in [4.78, 5) is 7.49. The van der Waals surface area contributed by atoms with E-state index in [1.54, 1.807) is 6.08 Å². The van der Waals surface area contributed by atoms with E-state index in [0.717, 1.165) is 23.9 Å². The second-order valence-corrected chi connectivity index (χ2v) is 9.01. The van der Waals surface area contributed by atoms with Crippen LogP contribution in [0.4, 0.5) is 11.5 Å². The van der Waals surface area contributed by atoms with Gasteiger partial charge in [-0.15, -0.1) is 6.42 Å². The maximum absolute atomic E-state index is 5.50. The lowest BCUT2D eigenvalue weighted by Gasteiger charge is -2.32. The average Bonchev–Trinajstić information content (AvgIpc) is 3.13. The van der Waals surface area contributed by atoms with Crippen LogP contribution in [0.15, 0.2) is 84.5 Å². The highest BCUT2D eigenvalue weighted by atomic mass is 15.2. The molecule has 0 aliphatic carbocycles. The van der Waals surface area contributed by atoms with Gasteiger partial charge in [0.2, 0.25) is 0 Å². The van der Waals surface area contributed by atoms with Crippen LogP contribution in [0.25, 0.3) is 28.4 Å². The largest absolute Gasteiger partial charge is 0.322 e. The van der Waals surface area contributed by atoms with E-state index in [4.69, 9.17) is 11.4 Å². The Bertz CT molecular complexity index is 1570. The summed E-state index contributed by atoms with van der Waals surface area (Å²) >= 11 is 0. The molecular weight excluding hydrogens is 426 g/mol. The van der Waals surface area contributed by atoms with E-state index in [1.807, 2.05) is 6.08 Å². The first kappa shape index (κ1) is 22.5. The van der Waals surface area contributed by atoms with Gasteiger partial charge in [0.1, 0.15) is 11.6 Å². The molecule has 0 bridgehead atoms. The Labute approximate surface area is 207 Å². The van der Waals surface area contributed by atoms with E-state index in [9.17, 15) is 0 Å². The highest BCUT2D eigenvalue weighted by molar-refractivity contribution is 5.93. The van der Waals surface area contributed by atoms with E-state index >= 15 is 0 Å². The molecule has 0 N–H and O–H groups in total. The molecule has 0 saturated heterocycles. The van der Waals surface area contributed by atoms with Crippen molar-refractivity contribution in [1.29, 1.82) is 0 Å². The predicted molar refractivity (Wildman–Crippen MR) is 149 cm³/mol. The van der Waals surface area contributed by atoms with Crippen molar-refractivity contribution in [3.63, 3.8) is 0 Å². The summed E-state index contributed by atoms with van der Waals surface area (Å²) in [7, 11) is 0. The van der Waals surface area contributed by atoms with Gasteiger partial charge in [-0.3, -0.25) is 4.57 Å². The Balaban J connectivity index is 1.67. The Morgan fingerprint density at radius 1 is 0.943 bits per heavy atom. The van der Waals surface area contributed by atoms with Gasteiger partial charge in [0.05, 0.1) is 11.2 Å². The predicted octanol–water partition coefficient (Wildman–Crippen LogP) is 7.79. The molecule has 0 amide bonds. The summed E-state index contributed by atoms with van der Waals surface area (Å²) in [5.74, 6) is 4.47. The first-order valence-electron chi connectivity index (χ1n) is 11.9. The quantitative estimate of drug-likeness (QED) is 0.293. The molecule has 3 nitrogen and oxygen atoms in total. The summed E-state index contributed by atoms with van der Waals surface area (Å²) < 4.78 is 2.28. The molecule has 0 spiro atoms. The summed E-state index contributed by atoms with van der Waals surface area (Å²) in [6.07, 6.45) is 13.6. The number of anilines is 2. The van der Waals surface area contributed by atoms with Crippen molar-refractivity contribution in [3.05, 3.63) is 107 Å². The van der Waals surface area contributed by atoms with Crippen molar-refractivity contribution in [2.75, 3.05) is 11.4 Å². The van der Waals surface area contributed by atoms with Gasteiger partial charge in [0, 0.05) is 28.8 Å². The Morgan fingerprint density at radius 2 is 1.74 bits per heavy atom. The first-order valence-corrected chi connectivity index (χ1v) is 11.9. The van der Waals surface area contributed by atoms with Crippen LogP contribution in [0.5, 0.6) is 0 Å². The number of rotatable bonds is 4. The highest BCUT2D eigenvalue weighted by Crippen LogP contribution is 2.39. The number of hydrogen-bond donors (Lipinski definition) is 0. The maximum atomic E-state index is 5.50. The van der Waals surface area contributed by atoms with Gasteiger partial charge in [-0.2, -0.15) is 0 Å². The van der Waals surface area contributed by atoms with Crippen molar-refractivity contribution >= 4 is 34.1 Å². The van der Waals surface area contributed by atoms with Gasteiger partial charge in [-0.25, -0.2) is 4.98 Å². The van der Waals surface area contributed by atoms with Gasteiger partial charge in [-0.05, 0) is 80.8 Å². The number of hydrogen-bond acceptors (Lipinski definition) is 2. The third-order valence-corrected chi connectivity index (χ3v) is 6.65. The van der Waals surface area contributed by atoms with Crippen LogP contribution >= 0.6 is 0 Å². The molecule has 0 fully saturated rings. The minimum absolute atomic E-state index is 0.756. The van der Waals surface area contributed by atoms with Crippen molar-refractivity contribution in [3.8, 4) is 18.2 Å². The molecule has 2 aromatic heterocycles. The fourth-order valence-electron chi connectivity index (χ4n) is 5.05. The van der Waals surface area contributed by atoms with Crippen LogP contribution in [-0.2, 0) is 0 Å². The number of fused-ring (bicyclic) bond motifs is 2. The van der Waals surface area contributed by atoms with E-state index < -0.39 is 0 Å². The topological polar surface area (TPSA) is 21.1 Å². The number of pyridine rings is 1. The molecule has 3 heteroatoms. The monoisotopic (exact) mass is 455 g/mol. The average molecular weight is 456 g/mol. The van der Waals surface area contributed by atoms with Gasteiger partial charge < -0.3 is 4.90 Å². The lowest BCUT2D eigenvalue weighted by Crippen LogP contribution is -2.25. The lowest BCUT2D eigenvalue weighted by molar-refractivity contribution is 0.945. The van der Waals surface area contributed by atoms with Gasteiger partial charge in [0.15, 0.2) is 0 Å².